The van der Waals surface area contributed by atoms with Crippen LogP contribution in [0.3, 0.4) is 0 Å². The molecule has 0 fully saturated rings. The van der Waals surface area contributed by atoms with Crippen LogP contribution in [0.5, 0.6) is 11.5 Å². The zero-order chi connectivity index (χ0) is 18.8. The minimum absolute atomic E-state index is 0.203. The number of benzene rings is 2. The van der Waals surface area contributed by atoms with Crippen LogP contribution in [0.15, 0.2) is 41.1 Å². The van der Waals surface area contributed by atoms with Crippen LogP contribution < -0.4 is 14.8 Å². The molecule has 2 heterocycles. The number of nitrogens with one attached hydrogen (secondary N) is 1. The summed E-state index contributed by atoms with van der Waals surface area (Å²) in [6.45, 7) is 0.816. The molecule has 4 rings (SSSR count). The fourth-order valence-electron chi connectivity index (χ4n) is 2.72. The van der Waals surface area contributed by atoms with Crippen LogP contribution in [0, 0.1) is 5.82 Å². The lowest BCUT2D eigenvalue weighted by molar-refractivity contribution is 0.0601. The molecule has 2 aromatic carbocycles. The van der Waals surface area contributed by atoms with Gasteiger partial charge in [-0.15, -0.1) is 0 Å². The topological polar surface area (TPSA) is 65.5 Å². The van der Waals surface area contributed by atoms with E-state index in [4.69, 9.17) is 13.7 Å². The number of anilines is 2. The van der Waals surface area contributed by atoms with Gasteiger partial charge in [0, 0.05) is 17.7 Å². The summed E-state index contributed by atoms with van der Waals surface area (Å²) >= 11 is 4.47. The summed E-state index contributed by atoms with van der Waals surface area (Å²) in [7, 11) is 0. The molecule has 1 aromatic heterocycles. The minimum atomic E-state index is -0.393. The molecule has 0 spiro atoms. The highest BCUT2D eigenvalue weighted by atomic mass is 79.9. The summed E-state index contributed by atoms with van der Waals surface area (Å²) in [6, 6.07) is 8.61. The van der Waals surface area contributed by atoms with Gasteiger partial charge >= 0.3 is 0 Å². The number of aromatic nitrogens is 2. The molecule has 3 aromatic rings. The van der Waals surface area contributed by atoms with Crippen LogP contribution >= 0.6 is 28.0 Å². The zero-order valence-corrected chi connectivity index (χ0v) is 16.6. The fourth-order valence-corrected chi connectivity index (χ4v) is 3.37. The molecule has 0 radical (unpaired) electrons. The van der Waals surface area contributed by atoms with E-state index in [2.05, 4.69) is 31.2 Å². The predicted octanol–water partition coefficient (Wildman–Crippen LogP) is 4.71. The average Bonchev–Trinajstić information content (AvgIpc) is 2.68. The first-order valence-electron chi connectivity index (χ1n) is 8.10. The van der Waals surface area contributed by atoms with Crippen molar-refractivity contribution in [3.8, 4) is 11.5 Å². The Kier molecular flexibility index (Phi) is 5.33. The quantitative estimate of drug-likeness (QED) is 0.563. The van der Waals surface area contributed by atoms with Crippen molar-refractivity contribution in [2.45, 2.75) is 6.10 Å². The Morgan fingerprint density at radius 2 is 2.22 bits per heavy atom. The Balaban J connectivity index is 1.69. The maximum Gasteiger partial charge on any atom is 0.163 e. The Hall–Kier alpha value is -2.10. The maximum atomic E-state index is 14.3. The number of hydrogen-bond acceptors (Lipinski definition) is 7. The van der Waals surface area contributed by atoms with E-state index < -0.39 is 5.82 Å². The van der Waals surface area contributed by atoms with Crippen molar-refractivity contribution in [1.29, 1.82) is 0 Å². The molecule has 0 saturated heterocycles. The van der Waals surface area contributed by atoms with Gasteiger partial charge in [0.05, 0.1) is 15.7 Å². The molecule has 27 heavy (non-hydrogen) atoms. The van der Waals surface area contributed by atoms with Crippen LogP contribution in [0.2, 0.25) is 0 Å². The molecule has 1 unspecified atom stereocenters. The smallest absolute Gasteiger partial charge is 0.163 e. The summed E-state index contributed by atoms with van der Waals surface area (Å²) < 4.78 is 31.8. The van der Waals surface area contributed by atoms with Crippen LogP contribution in [-0.4, -0.2) is 35.5 Å². The molecular weight excluding hydrogens is 437 g/mol. The monoisotopic (exact) mass is 451 g/mol. The van der Waals surface area contributed by atoms with Crippen LogP contribution in [0.25, 0.3) is 10.9 Å². The lowest BCUT2D eigenvalue weighted by atomic mass is 10.2. The molecule has 1 atom stereocenters. The van der Waals surface area contributed by atoms with E-state index in [0.29, 0.717) is 51.6 Å². The summed E-state index contributed by atoms with van der Waals surface area (Å²) in [4.78, 5) is 8.54. The van der Waals surface area contributed by atoms with Gasteiger partial charge in [-0.2, -0.15) is 0 Å². The second kappa shape index (κ2) is 7.87. The van der Waals surface area contributed by atoms with E-state index >= 15 is 0 Å². The van der Waals surface area contributed by atoms with E-state index in [1.165, 1.54) is 18.4 Å². The largest absolute Gasteiger partial charge is 0.486 e. The highest BCUT2D eigenvalue weighted by Gasteiger charge is 2.23. The van der Waals surface area contributed by atoms with E-state index in [1.54, 1.807) is 30.3 Å². The molecule has 0 aliphatic carbocycles. The molecular formula is C18H15BrFN3O3S. The van der Waals surface area contributed by atoms with Crippen molar-refractivity contribution in [2.75, 3.05) is 24.8 Å². The molecule has 0 amide bonds. The van der Waals surface area contributed by atoms with E-state index in [1.807, 2.05) is 6.26 Å². The van der Waals surface area contributed by atoms with Crippen molar-refractivity contribution >= 4 is 50.4 Å². The average molecular weight is 452 g/mol. The maximum absolute atomic E-state index is 14.3. The normalized spacial score (nSPS) is 15.7. The van der Waals surface area contributed by atoms with E-state index in [-0.39, 0.29) is 6.10 Å². The van der Waals surface area contributed by atoms with Crippen molar-refractivity contribution in [3.63, 3.8) is 0 Å². The van der Waals surface area contributed by atoms with E-state index in [9.17, 15) is 4.39 Å². The van der Waals surface area contributed by atoms with Crippen molar-refractivity contribution in [1.82, 2.24) is 9.97 Å². The zero-order valence-electron chi connectivity index (χ0n) is 14.2. The number of rotatable bonds is 5. The third-order valence-electron chi connectivity index (χ3n) is 4.00. The molecule has 0 bridgehead atoms. The molecule has 1 N–H and O–H groups in total. The van der Waals surface area contributed by atoms with E-state index in [0.717, 1.165) is 0 Å². The van der Waals surface area contributed by atoms with Gasteiger partial charge in [-0.3, -0.25) is 0 Å². The van der Waals surface area contributed by atoms with Crippen molar-refractivity contribution < 1.29 is 18.0 Å². The molecule has 140 valence electrons. The molecule has 9 heteroatoms. The Labute approximate surface area is 167 Å². The summed E-state index contributed by atoms with van der Waals surface area (Å²) in [5, 5.41) is 3.73. The highest BCUT2D eigenvalue weighted by Crippen LogP contribution is 2.38. The Morgan fingerprint density at radius 1 is 1.33 bits per heavy atom. The second-order valence-electron chi connectivity index (χ2n) is 5.77. The van der Waals surface area contributed by atoms with Crippen molar-refractivity contribution in [2.24, 2.45) is 0 Å². The SMILES string of the molecule is CSOCC1COc2cc3ncnc(Nc4cccc(Br)c4F)c3cc2O1. The first-order chi connectivity index (χ1) is 13.2. The lowest BCUT2D eigenvalue weighted by Gasteiger charge is -2.26. The lowest BCUT2D eigenvalue weighted by Crippen LogP contribution is -2.32. The number of nitrogens with zero attached hydrogens (tertiary/aromatic N) is 2. The number of halogens is 2. The highest BCUT2D eigenvalue weighted by molar-refractivity contribution is 9.10. The Morgan fingerprint density at radius 3 is 3.07 bits per heavy atom. The van der Waals surface area contributed by atoms with Crippen LogP contribution in [0.1, 0.15) is 0 Å². The van der Waals surface area contributed by atoms with Crippen LogP contribution in [-0.2, 0) is 4.18 Å². The summed E-state index contributed by atoms with van der Waals surface area (Å²) in [6.07, 6.45) is 3.07. The molecule has 1 aliphatic heterocycles. The van der Waals surface area contributed by atoms with Gasteiger partial charge in [-0.1, -0.05) is 6.07 Å². The van der Waals surface area contributed by atoms with Crippen LogP contribution in [0.4, 0.5) is 15.9 Å². The van der Waals surface area contributed by atoms with Gasteiger partial charge in [-0.25, -0.2) is 14.4 Å². The van der Waals surface area contributed by atoms with Gasteiger partial charge in [0.15, 0.2) is 23.4 Å². The van der Waals surface area contributed by atoms with Crippen molar-refractivity contribution in [3.05, 3.63) is 46.9 Å². The number of hydrogen-bond donors (Lipinski definition) is 1. The standard InChI is InChI=1S/C18H15BrFN3O3S/c1-27-25-8-10-7-24-15-6-14-11(5-16(15)26-10)18(22-9-21-14)23-13-4-2-3-12(19)17(13)20/h2-6,9-10H,7-8H2,1H3,(H,21,22,23). The first kappa shape index (κ1) is 18.3. The fraction of sp³-hybridized carbons (Fsp3) is 0.222. The van der Waals surface area contributed by atoms with Gasteiger partial charge in [0.25, 0.3) is 0 Å². The molecule has 0 saturated carbocycles. The molecule has 6 nitrogen and oxygen atoms in total. The van der Waals surface area contributed by atoms with Gasteiger partial charge < -0.3 is 19.0 Å². The number of fused-ring (bicyclic) bond motifs is 2. The predicted molar refractivity (Wildman–Crippen MR) is 106 cm³/mol. The Bertz CT molecular complexity index is 991. The van der Waals surface area contributed by atoms with Gasteiger partial charge in [0.2, 0.25) is 0 Å². The summed E-state index contributed by atoms with van der Waals surface area (Å²) in [5.74, 6) is 1.28. The first-order valence-corrected chi connectivity index (χ1v) is 10.0. The third kappa shape index (κ3) is 3.80. The van der Waals surface area contributed by atoms with Gasteiger partial charge in [0.1, 0.15) is 25.4 Å². The molecule has 1 aliphatic rings. The summed E-state index contributed by atoms with van der Waals surface area (Å²) in [5.41, 5.74) is 0.981. The minimum Gasteiger partial charge on any atom is -0.486 e. The second-order valence-corrected chi connectivity index (χ2v) is 7.19. The third-order valence-corrected chi connectivity index (χ3v) is 4.98. The number of ether oxygens (including phenoxy) is 2. The van der Waals surface area contributed by atoms with Gasteiger partial charge in [-0.05, 0) is 46.2 Å².